The van der Waals surface area contributed by atoms with Gasteiger partial charge in [0, 0.05) is 20.2 Å². The third-order valence-corrected chi connectivity index (χ3v) is 3.50. The predicted molar refractivity (Wildman–Crippen MR) is 72.7 cm³/mol. The molecule has 1 aromatic rings. The first-order valence-electron chi connectivity index (χ1n) is 6.40. The van der Waals surface area contributed by atoms with E-state index in [1.807, 2.05) is 12.1 Å². The Morgan fingerprint density at radius 3 is 2.89 bits per heavy atom. The van der Waals surface area contributed by atoms with Gasteiger partial charge >= 0.3 is 0 Å². The number of hydrogen-bond acceptors (Lipinski definition) is 4. The van der Waals surface area contributed by atoms with Crippen LogP contribution in [-0.2, 0) is 11.3 Å². The van der Waals surface area contributed by atoms with Crippen LogP contribution in [0.1, 0.15) is 18.4 Å². The Bertz CT molecular complexity index is 395. The Hall–Kier alpha value is -1.26. The van der Waals surface area contributed by atoms with Crippen LogP contribution in [0.3, 0.4) is 0 Å². The first-order valence-corrected chi connectivity index (χ1v) is 6.40. The lowest BCUT2D eigenvalue weighted by atomic mass is 10.1. The fourth-order valence-corrected chi connectivity index (χ4v) is 2.49. The number of benzene rings is 1. The van der Waals surface area contributed by atoms with Crippen molar-refractivity contribution in [3.05, 3.63) is 23.8 Å². The molecule has 0 aromatic heterocycles. The molecular weight excluding hydrogens is 228 g/mol. The molecule has 2 N–H and O–H groups in total. The average molecular weight is 250 g/mol. The van der Waals surface area contributed by atoms with Crippen LogP contribution in [0.4, 0.5) is 5.69 Å². The molecule has 4 heteroatoms. The lowest BCUT2D eigenvalue weighted by molar-refractivity contribution is 0.0285. The number of methoxy groups -OCH3 is 2. The SMILES string of the molecule is COc1ccc(CN2CCCC(OC)C2)cc1N. The molecule has 0 amide bonds. The molecular formula is C14H22N2O2. The molecule has 1 aromatic carbocycles. The van der Waals surface area contributed by atoms with Crippen molar-refractivity contribution in [3.63, 3.8) is 0 Å². The lowest BCUT2D eigenvalue weighted by Gasteiger charge is -2.31. The second kappa shape index (κ2) is 6.07. The monoisotopic (exact) mass is 250 g/mol. The van der Waals surface area contributed by atoms with Crippen molar-refractivity contribution < 1.29 is 9.47 Å². The summed E-state index contributed by atoms with van der Waals surface area (Å²) in [6.07, 6.45) is 2.73. The van der Waals surface area contributed by atoms with E-state index in [2.05, 4.69) is 11.0 Å². The summed E-state index contributed by atoms with van der Waals surface area (Å²) in [5.41, 5.74) is 7.85. The minimum atomic E-state index is 0.370. The summed E-state index contributed by atoms with van der Waals surface area (Å²) in [6.45, 7) is 3.06. The summed E-state index contributed by atoms with van der Waals surface area (Å²) in [4.78, 5) is 2.42. The van der Waals surface area contributed by atoms with E-state index >= 15 is 0 Å². The molecule has 0 saturated carbocycles. The van der Waals surface area contributed by atoms with Crippen LogP contribution in [0.15, 0.2) is 18.2 Å². The fraction of sp³-hybridized carbons (Fsp3) is 0.571. The molecule has 1 saturated heterocycles. The van der Waals surface area contributed by atoms with Gasteiger partial charge in [-0.25, -0.2) is 0 Å². The quantitative estimate of drug-likeness (QED) is 0.829. The highest BCUT2D eigenvalue weighted by atomic mass is 16.5. The van der Waals surface area contributed by atoms with E-state index in [1.54, 1.807) is 14.2 Å². The second-order valence-corrected chi connectivity index (χ2v) is 4.81. The molecule has 1 unspecified atom stereocenters. The van der Waals surface area contributed by atoms with Gasteiger partial charge in [0.05, 0.1) is 18.9 Å². The Morgan fingerprint density at radius 1 is 1.39 bits per heavy atom. The maximum atomic E-state index is 5.92. The van der Waals surface area contributed by atoms with Gasteiger partial charge in [-0.15, -0.1) is 0 Å². The van der Waals surface area contributed by atoms with Gasteiger partial charge in [0.25, 0.3) is 0 Å². The molecule has 4 nitrogen and oxygen atoms in total. The number of ether oxygens (including phenoxy) is 2. The van der Waals surface area contributed by atoms with E-state index in [1.165, 1.54) is 12.0 Å². The van der Waals surface area contributed by atoms with E-state index < -0.39 is 0 Å². The number of anilines is 1. The third kappa shape index (κ3) is 3.15. The number of rotatable bonds is 4. The van der Waals surface area contributed by atoms with Gasteiger partial charge in [-0.2, -0.15) is 0 Å². The molecule has 1 aliphatic rings. The average Bonchev–Trinajstić information content (AvgIpc) is 2.39. The normalized spacial score (nSPS) is 20.9. The largest absolute Gasteiger partial charge is 0.495 e. The van der Waals surface area contributed by atoms with Crippen molar-refractivity contribution in [2.75, 3.05) is 33.0 Å². The van der Waals surface area contributed by atoms with E-state index in [0.717, 1.165) is 31.8 Å². The smallest absolute Gasteiger partial charge is 0.141 e. The number of hydrogen-bond donors (Lipinski definition) is 1. The number of nitrogens with zero attached hydrogens (tertiary/aromatic N) is 1. The maximum Gasteiger partial charge on any atom is 0.141 e. The fourth-order valence-electron chi connectivity index (χ4n) is 2.49. The molecule has 0 bridgehead atoms. The Balaban J connectivity index is 1.98. The highest BCUT2D eigenvalue weighted by Gasteiger charge is 2.19. The predicted octanol–water partition coefficient (Wildman–Crippen LogP) is 1.89. The molecule has 1 heterocycles. The van der Waals surface area contributed by atoms with Crippen LogP contribution in [-0.4, -0.2) is 38.3 Å². The van der Waals surface area contributed by atoms with Gasteiger partial charge in [0.1, 0.15) is 5.75 Å². The van der Waals surface area contributed by atoms with Gasteiger partial charge in [-0.1, -0.05) is 6.07 Å². The standard InChI is InChI=1S/C14H22N2O2/c1-17-12-4-3-7-16(10-12)9-11-5-6-14(18-2)13(15)8-11/h5-6,8,12H,3-4,7,9-10,15H2,1-2H3. The van der Waals surface area contributed by atoms with E-state index in [0.29, 0.717) is 11.8 Å². The van der Waals surface area contributed by atoms with Crippen molar-refractivity contribution in [1.29, 1.82) is 0 Å². The van der Waals surface area contributed by atoms with E-state index in [9.17, 15) is 0 Å². The topological polar surface area (TPSA) is 47.7 Å². The summed E-state index contributed by atoms with van der Waals surface area (Å²) in [6, 6.07) is 6.00. The van der Waals surface area contributed by atoms with Gasteiger partial charge in [0.15, 0.2) is 0 Å². The number of nitrogen functional groups attached to an aromatic ring is 1. The first-order chi connectivity index (χ1) is 8.72. The number of likely N-dealkylation sites (tertiary alicyclic amines) is 1. The van der Waals surface area contributed by atoms with Crippen LogP contribution in [0.25, 0.3) is 0 Å². The van der Waals surface area contributed by atoms with E-state index in [-0.39, 0.29) is 0 Å². The molecule has 1 atom stereocenters. The molecule has 0 aliphatic carbocycles. The third-order valence-electron chi connectivity index (χ3n) is 3.50. The molecule has 0 radical (unpaired) electrons. The van der Waals surface area contributed by atoms with Gasteiger partial charge < -0.3 is 15.2 Å². The van der Waals surface area contributed by atoms with Crippen LogP contribution < -0.4 is 10.5 Å². The second-order valence-electron chi connectivity index (χ2n) is 4.81. The van der Waals surface area contributed by atoms with Gasteiger partial charge in [-0.05, 0) is 37.1 Å². The first kappa shape index (κ1) is 13.2. The van der Waals surface area contributed by atoms with Crippen molar-refractivity contribution in [2.45, 2.75) is 25.5 Å². The number of piperidine rings is 1. The van der Waals surface area contributed by atoms with Crippen molar-refractivity contribution in [2.24, 2.45) is 0 Å². The zero-order valence-electron chi connectivity index (χ0n) is 11.2. The summed E-state index contributed by atoms with van der Waals surface area (Å²) in [5.74, 6) is 0.743. The van der Waals surface area contributed by atoms with Gasteiger partial charge in [0.2, 0.25) is 0 Å². The summed E-state index contributed by atoms with van der Waals surface area (Å²) in [7, 11) is 3.43. The number of nitrogens with two attached hydrogens (primary N) is 1. The van der Waals surface area contributed by atoms with Crippen LogP contribution in [0, 0.1) is 0 Å². The van der Waals surface area contributed by atoms with Crippen molar-refractivity contribution >= 4 is 5.69 Å². The zero-order valence-corrected chi connectivity index (χ0v) is 11.2. The minimum Gasteiger partial charge on any atom is -0.495 e. The van der Waals surface area contributed by atoms with Crippen molar-refractivity contribution in [1.82, 2.24) is 4.90 Å². The van der Waals surface area contributed by atoms with Crippen LogP contribution in [0.5, 0.6) is 5.75 Å². The molecule has 18 heavy (non-hydrogen) atoms. The molecule has 1 fully saturated rings. The molecule has 2 rings (SSSR count). The highest BCUT2D eigenvalue weighted by molar-refractivity contribution is 5.54. The Morgan fingerprint density at radius 2 is 2.22 bits per heavy atom. The maximum absolute atomic E-state index is 5.92. The molecule has 1 aliphatic heterocycles. The lowest BCUT2D eigenvalue weighted by Crippen LogP contribution is -2.38. The summed E-state index contributed by atoms with van der Waals surface area (Å²) >= 11 is 0. The van der Waals surface area contributed by atoms with Crippen molar-refractivity contribution in [3.8, 4) is 5.75 Å². The zero-order chi connectivity index (χ0) is 13.0. The van der Waals surface area contributed by atoms with Crippen LogP contribution in [0.2, 0.25) is 0 Å². The summed E-state index contributed by atoms with van der Waals surface area (Å²) in [5, 5.41) is 0. The van der Waals surface area contributed by atoms with Gasteiger partial charge in [-0.3, -0.25) is 4.90 Å². The Kier molecular flexibility index (Phi) is 4.44. The molecule has 0 spiro atoms. The van der Waals surface area contributed by atoms with E-state index in [4.69, 9.17) is 15.2 Å². The molecule has 100 valence electrons. The minimum absolute atomic E-state index is 0.370. The Labute approximate surface area is 109 Å². The van der Waals surface area contributed by atoms with Crippen LogP contribution >= 0.6 is 0 Å². The highest BCUT2D eigenvalue weighted by Crippen LogP contribution is 2.23. The summed E-state index contributed by atoms with van der Waals surface area (Å²) < 4.78 is 10.6.